The fraction of sp³-hybridized carbons (Fsp3) is 0.421. The molecule has 1 heterocycles. The molecule has 1 saturated heterocycles. The molecule has 1 aliphatic rings. The van der Waals surface area contributed by atoms with Gasteiger partial charge in [0, 0.05) is 18.2 Å². The molecule has 2 rings (SSSR count). The first-order valence-electron chi connectivity index (χ1n) is 9.09. The lowest BCUT2D eigenvalue weighted by atomic mass is 10.1. The number of phenolic OH excluding ortho intramolecular Hbond substituents is 1. The first-order chi connectivity index (χ1) is 14.0. The molecule has 30 heavy (non-hydrogen) atoms. The average molecular weight is 437 g/mol. The monoisotopic (exact) mass is 437 g/mol. The predicted molar refractivity (Wildman–Crippen MR) is 111 cm³/mol. The van der Waals surface area contributed by atoms with E-state index in [1.807, 2.05) is 27.7 Å². The summed E-state index contributed by atoms with van der Waals surface area (Å²) in [5, 5.41) is 20.4. The van der Waals surface area contributed by atoms with Crippen LogP contribution in [0, 0.1) is 10.1 Å². The molecule has 0 aliphatic carbocycles. The Labute approximate surface area is 177 Å². The van der Waals surface area contributed by atoms with E-state index in [1.165, 1.54) is 19.3 Å². The van der Waals surface area contributed by atoms with Crippen molar-refractivity contribution in [3.63, 3.8) is 0 Å². The maximum Gasteiger partial charge on any atom is 0.315 e. The number of hydrogen-bond acceptors (Lipinski definition) is 8. The zero-order valence-corrected chi connectivity index (χ0v) is 18.1. The van der Waals surface area contributed by atoms with E-state index in [1.54, 1.807) is 4.90 Å². The van der Waals surface area contributed by atoms with Crippen molar-refractivity contribution in [2.45, 2.75) is 39.8 Å². The van der Waals surface area contributed by atoms with E-state index in [4.69, 9.17) is 4.74 Å². The van der Waals surface area contributed by atoms with Crippen LogP contribution in [0.2, 0.25) is 0 Å². The number of carbonyl (C=O) groups excluding carboxylic acids is 3. The number of ether oxygens (including phenoxy) is 1. The van der Waals surface area contributed by atoms with Gasteiger partial charge in [0.1, 0.15) is 6.54 Å². The van der Waals surface area contributed by atoms with Crippen LogP contribution in [-0.2, 0) is 9.59 Å². The Morgan fingerprint density at radius 3 is 2.40 bits per heavy atom. The van der Waals surface area contributed by atoms with Gasteiger partial charge >= 0.3 is 5.69 Å². The molecule has 0 saturated carbocycles. The van der Waals surface area contributed by atoms with Crippen LogP contribution < -0.4 is 4.74 Å². The second-order valence-corrected chi connectivity index (χ2v) is 8.10. The Balaban J connectivity index is 2.32. The molecule has 1 aliphatic heterocycles. The van der Waals surface area contributed by atoms with Gasteiger partial charge in [0.2, 0.25) is 11.7 Å². The van der Waals surface area contributed by atoms with Crippen molar-refractivity contribution in [1.29, 1.82) is 0 Å². The van der Waals surface area contributed by atoms with E-state index in [2.05, 4.69) is 0 Å². The van der Waals surface area contributed by atoms with Gasteiger partial charge in [-0.25, -0.2) is 0 Å². The Bertz CT molecular complexity index is 919. The van der Waals surface area contributed by atoms with Crippen LogP contribution in [0.5, 0.6) is 11.5 Å². The van der Waals surface area contributed by atoms with Crippen LogP contribution in [0.25, 0.3) is 6.08 Å². The summed E-state index contributed by atoms with van der Waals surface area (Å²) in [6, 6.07) is 2.17. The van der Waals surface area contributed by atoms with Crippen molar-refractivity contribution >= 4 is 40.6 Å². The number of hydrogen-bond donors (Lipinski definition) is 1. The van der Waals surface area contributed by atoms with Crippen molar-refractivity contribution in [2.75, 3.05) is 13.7 Å². The molecule has 0 aromatic heterocycles. The number of amides is 3. The molecule has 0 unspecified atom stereocenters. The number of methoxy groups -OCH3 is 1. The molecule has 0 radical (unpaired) electrons. The number of imide groups is 1. The minimum Gasteiger partial charge on any atom is -0.500 e. The molecule has 162 valence electrons. The summed E-state index contributed by atoms with van der Waals surface area (Å²) in [6.45, 7) is 6.98. The molecule has 1 aromatic carbocycles. The summed E-state index contributed by atoms with van der Waals surface area (Å²) >= 11 is 0.634. The highest BCUT2D eigenvalue weighted by Gasteiger charge is 2.38. The normalized spacial score (nSPS) is 15.4. The fourth-order valence-corrected chi connectivity index (χ4v) is 4.01. The van der Waals surface area contributed by atoms with Gasteiger partial charge in [-0.1, -0.05) is 0 Å². The summed E-state index contributed by atoms with van der Waals surface area (Å²) in [5.74, 6) is -1.80. The highest BCUT2D eigenvalue weighted by atomic mass is 32.2. The molecule has 1 fully saturated rings. The fourth-order valence-electron chi connectivity index (χ4n) is 3.17. The van der Waals surface area contributed by atoms with Crippen molar-refractivity contribution in [2.24, 2.45) is 0 Å². The topological polar surface area (TPSA) is 130 Å². The van der Waals surface area contributed by atoms with Crippen LogP contribution in [-0.4, -0.2) is 62.6 Å². The minimum absolute atomic E-state index is 0.00971. The number of rotatable bonds is 7. The number of nitro benzene ring substituents is 1. The molecule has 1 N–H and O–H groups in total. The quantitative estimate of drug-likeness (QED) is 0.391. The van der Waals surface area contributed by atoms with Gasteiger partial charge < -0.3 is 14.7 Å². The second-order valence-electron chi connectivity index (χ2n) is 7.10. The Morgan fingerprint density at radius 1 is 1.30 bits per heavy atom. The molecule has 3 amide bonds. The Hall–Kier alpha value is -3.08. The molecular formula is C19H23N3O7S. The summed E-state index contributed by atoms with van der Waals surface area (Å²) in [7, 11) is 1.23. The van der Waals surface area contributed by atoms with Gasteiger partial charge in [0.25, 0.3) is 11.1 Å². The van der Waals surface area contributed by atoms with Crippen LogP contribution >= 0.6 is 11.8 Å². The van der Waals surface area contributed by atoms with Gasteiger partial charge in [-0.05, 0) is 57.2 Å². The van der Waals surface area contributed by atoms with Gasteiger partial charge in [-0.2, -0.15) is 0 Å². The molecule has 10 nitrogen and oxygen atoms in total. The number of aromatic hydroxyl groups is 1. The minimum atomic E-state index is -0.786. The number of nitrogens with zero attached hydrogens (tertiary/aromatic N) is 3. The molecule has 11 heteroatoms. The molecule has 0 bridgehead atoms. The molecule has 1 aromatic rings. The number of nitro groups is 1. The lowest BCUT2D eigenvalue weighted by Gasteiger charge is -2.31. The van der Waals surface area contributed by atoms with Gasteiger partial charge in [0.05, 0.1) is 16.9 Å². The number of benzene rings is 1. The Morgan fingerprint density at radius 2 is 1.90 bits per heavy atom. The number of thioether (sulfide) groups is 1. The summed E-state index contributed by atoms with van der Waals surface area (Å²) in [6.07, 6.45) is 1.28. The van der Waals surface area contributed by atoms with Crippen LogP contribution in [0.1, 0.15) is 33.3 Å². The zero-order valence-electron chi connectivity index (χ0n) is 17.2. The van der Waals surface area contributed by atoms with E-state index in [0.717, 1.165) is 11.0 Å². The SMILES string of the molecule is COc1cc(/C=C2\SC(=O)N(CC(=O)N(C(C)C)C(C)C)C2=O)cc([N+](=O)[O-])c1O. The third-order valence-corrected chi connectivity index (χ3v) is 5.27. The van der Waals surface area contributed by atoms with Crippen molar-refractivity contribution in [3.8, 4) is 11.5 Å². The first kappa shape index (κ1) is 23.2. The maximum atomic E-state index is 12.7. The van der Waals surface area contributed by atoms with Gasteiger partial charge in [-0.3, -0.25) is 29.4 Å². The maximum absolute atomic E-state index is 12.7. The predicted octanol–water partition coefficient (Wildman–Crippen LogP) is 2.99. The van der Waals surface area contributed by atoms with Crippen LogP contribution in [0.3, 0.4) is 0 Å². The van der Waals surface area contributed by atoms with E-state index in [0.29, 0.717) is 11.8 Å². The molecule has 0 spiro atoms. The van der Waals surface area contributed by atoms with E-state index >= 15 is 0 Å². The third kappa shape index (κ3) is 4.73. The zero-order chi connectivity index (χ0) is 22.7. The number of carbonyl (C=O) groups is 3. The van der Waals surface area contributed by atoms with Crippen molar-refractivity contribution in [3.05, 3.63) is 32.7 Å². The lowest BCUT2D eigenvalue weighted by molar-refractivity contribution is -0.386. The van der Waals surface area contributed by atoms with Crippen LogP contribution in [0.4, 0.5) is 10.5 Å². The Kier molecular flexibility index (Phi) is 7.08. The average Bonchev–Trinajstić information content (AvgIpc) is 2.89. The van der Waals surface area contributed by atoms with Crippen molar-refractivity contribution in [1.82, 2.24) is 9.80 Å². The summed E-state index contributed by atoms with van der Waals surface area (Å²) < 4.78 is 4.93. The van der Waals surface area contributed by atoms with Gasteiger partial charge in [0.15, 0.2) is 5.75 Å². The molecule has 0 atom stereocenters. The van der Waals surface area contributed by atoms with Crippen molar-refractivity contribution < 1.29 is 29.2 Å². The standard InChI is InChI=1S/C19H23N3O7S/c1-10(2)21(11(3)4)16(23)9-20-18(25)15(30-19(20)26)8-12-6-13(22(27)28)17(24)14(7-12)29-5/h6-8,10-11,24H,9H2,1-5H3/b15-8-. The third-order valence-electron chi connectivity index (χ3n) is 4.36. The first-order valence-corrected chi connectivity index (χ1v) is 9.91. The van der Waals surface area contributed by atoms with Gasteiger partial charge in [-0.15, -0.1) is 0 Å². The van der Waals surface area contributed by atoms with Crippen LogP contribution in [0.15, 0.2) is 17.0 Å². The summed E-state index contributed by atoms with van der Waals surface area (Å²) in [4.78, 5) is 50.4. The van der Waals surface area contributed by atoms with E-state index < -0.39 is 34.1 Å². The smallest absolute Gasteiger partial charge is 0.315 e. The highest BCUT2D eigenvalue weighted by molar-refractivity contribution is 8.18. The number of phenols is 1. The largest absolute Gasteiger partial charge is 0.500 e. The lowest BCUT2D eigenvalue weighted by Crippen LogP contribution is -2.48. The highest BCUT2D eigenvalue weighted by Crippen LogP contribution is 2.39. The van der Waals surface area contributed by atoms with E-state index in [-0.39, 0.29) is 34.2 Å². The second kappa shape index (κ2) is 9.16. The van der Waals surface area contributed by atoms with E-state index in [9.17, 15) is 29.6 Å². The molecular weight excluding hydrogens is 414 g/mol. The summed E-state index contributed by atoms with van der Waals surface area (Å²) in [5.41, 5.74) is -0.404.